The maximum Gasteiger partial charge on any atom is 0.270 e. The molecule has 6 rings (SSSR count). The summed E-state index contributed by atoms with van der Waals surface area (Å²) in [5.41, 5.74) is 7.78. The maximum absolute atomic E-state index is 13.8. The Kier molecular flexibility index (Phi) is 7.44. The van der Waals surface area contributed by atoms with Crippen molar-refractivity contribution in [2.75, 3.05) is 18.4 Å². The fraction of sp³-hybridized carbons (Fsp3) is 0.294. The predicted molar refractivity (Wildman–Crippen MR) is 162 cm³/mol. The lowest BCUT2D eigenvalue weighted by Crippen LogP contribution is -2.38. The first kappa shape index (κ1) is 28.5. The molecule has 0 saturated carbocycles. The van der Waals surface area contributed by atoms with Gasteiger partial charge in [0, 0.05) is 71.7 Å². The van der Waals surface area contributed by atoms with Crippen LogP contribution in [0.15, 0.2) is 83.9 Å². The van der Waals surface area contributed by atoms with E-state index in [4.69, 9.17) is 10.4 Å². The first-order valence-electron chi connectivity index (χ1n) is 14.4. The Hall–Kier alpha value is -4.62. The number of fused-ring (bicyclic) bond motifs is 1. The molecular weight excluding hydrogens is 551 g/mol. The Bertz CT molecular complexity index is 1800. The zero-order chi connectivity index (χ0) is 30.3. The second kappa shape index (κ2) is 11.2. The lowest BCUT2D eigenvalue weighted by atomic mass is 9.94. The number of imidazole rings is 1. The van der Waals surface area contributed by atoms with Gasteiger partial charge in [-0.05, 0) is 62.2 Å². The molecule has 0 atom stereocenters. The monoisotopic (exact) mass is 583 g/mol. The topological polar surface area (TPSA) is 74.0 Å². The number of alkyl halides is 2. The highest BCUT2D eigenvalue weighted by molar-refractivity contribution is 6.05. The molecule has 2 aliphatic rings. The lowest BCUT2D eigenvalue weighted by Gasteiger charge is -2.32. The van der Waals surface area contributed by atoms with Gasteiger partial charge < -0.3 is 20.2 Å². The van der Waals surface area contributed by atoms with E-state index < -0.39 is 5.92 Å². The number of hydrogen-bond donors (Lipinski definition) is 2. The fourth-order valence-corrected chi connectivity index (χ4v) is 5.86. The summed E-state index contributed by atoms with van der Waals surface area (Å²) >= 11 is 0. The van der Waals surface area contributed by atoms with E-state index in [0.29, 0.717) is 48.6 Å². The Balaban J connectivity index is 1.18. The molecule has 1 saturated heterocycles. The number of allylic oxidation sites excluding steroid dienone is 1. The largest absolute Gasteiger partial charge is 0.355 e. The highest BCUT2D eigenvalue weighted by Crippen LogP contribution is 2.34. The molecule has 0 spiro atoms. The summed E-state index contributed by atoms with van der Waals surface area (Å²) in [6, 6.07) is 19.1. The van der Waals surface area contributed by atoms with Gasteiger partial charge in [0.25, 0.3) is 11.8 Å². The van der Waals surface area contributed by atoms with Gasteiger partial charge in [-0.2, -0.15) is 0 Å². The number of nitrogens with one attached hydrogen (secondary N) is 2. The highest BCUT2D eigenvalue weighted by Gasteiger charge is 2.29. The second-order valence-electron chi connectivity index (χ2n) is 11.4. The molecule has 9 heteroatoms. The third-order valence-electron chi connectivity index (χ3n) is 8.18. The van der Waals surface area contributed by atoms with Gasteiger partial charge in [-0.25, -0.2) is 18.2 Å². The number of carbonyl (C=O) groups excluding carboxylic acids is 1. The van der Waals surface area contributed by atoms with Crippen LogP contribution in [0.4, 0.5) is 24.5 Å². The van der Waals surface area contributed by atoms with Crippen LogP contribution in [0.1, 0.15) is 66.3 Å². The minimum Gasteiger partial charge on any atom is -0.355 e. The van der Waals surface area contributed by atoms with Crippen molar-refractivity contribution in [3.8, 4) is 0 Å². The van der Waals surface area contributed by atoms with Gasteiger partial charge in [0.15, 0.2) is 0 Å². The number of rotatable bonds is 8. The van der Waals surface area contributed by atoms with Crippen LogP contribution in [-0.4, -0.2) is 39.2 Å². The second-order valence-corrected chi connectivity index (χ2v) is 11.4. The van der Waals surface area contributed by atoms with Crippen molar-refractivity contribution in [1.29, 1.82) is 5.41 Å². The molecule has 2 heterocycles. The van der Waals surface area contributed by atoms with Gasteiger partial charge in [0.2, 0.25) is 0 Å². The van der Waals surface area contributed by atoms with Gasteiger partial charge in [-0.15, -0.1) is 0 Å². The molecule has 1 fully saturated rings. The van der Waals surface area contributed by atoms with Crippen molar-refractivity contribution in [3.63, 3.8) is 0 Å². The number of para-hydroxylation sites is 2. The van der Waals surface area contributed by atoms with Crippen LogP contribution in [-0.2, 0) is 12.5 Å². The molecule has 220 valence electrons. The van der Waals surface area contributed by atoms with Crippen LogP contribution >= 0.6 is 0 Å². The van der Waals surface area contributed by atoms with Crippen molar-refractivity contribution < 1.29 is 18.0 Å². The van der Waals surface area contributed by atoms with E-state index in [0.717, 1.165) is 42.2 Å². The van der Waals surface area contributed by atoms with E-state index in [2.05, 4.69) is 15.6 Å². The van der Waals surface area contributed by atoms with Crippen LogP contribution in [0.2, 0.25) is 0 Å². The van der Waals surface area contributed by atoms with Crippen LogP contribution < -0.4 is 5.32 Å². The molecular formula is C34H32F3N5O. The molecule has 2 N–H and O–H groups in total. The van der Waals surface area contributed by atoms with Gasteiger partial charge in [-0.1, -0.05) is 30.0 Å². The van der Waals surface area contributed by atoms with E-state index in [1.165, 1.54) is 12.1 Å². The maximum atomic E-state index is 13.8. The van der Waals surface area contributed by atoms with E-state index in [1.807, 2.05) is 29.2 Å². The smallest absolute Gasteiger partial charge is 0.270 e. The molecule has 0 radical (unpaired) electrons. The van der Waals surface area contributed by atoms with Crippen LogP contribution in [0.5, 0.6) is 0 Å². The van der Waals surface area contributed by atoms with Gasteiger partial charge in [-0.3, -0.25) is 4.79 Å². The molecule has 43 heavy (non-hydrogen) atoms. The fourth-order valence-electron chi connectivity index (χ4n) is 5.86. The summed E-state index contributed by atoms with van der Waals surface area (Å²) in [4.78, 5) is 20.3. The highest BCUT2D eigenvalue weighted by atomic mass is 19.3. The van der Waals surface area contributed by atoms with Crippen molar-refractivity contribution in [2.24, 2.45) is 0 Å². The summed E-state index contributed by atoms with van der Waals surface area (Å²) in [6.45, 7) is 4.15. The standard InChI is InChI=1S/C34H32F3N5O/c1-21(38)28-18-24(10-11-29(28)39-27-7-5-6-25(19-27)34(2,36)37)33(43)41-14-12-23(13-15-41)32-40-30-8-3-4-9-31(30)42(32)20-22-16-26(35)17-22/h3-11,18-19,23,38-39H,12-16,20H2,1-2H3. The molecule has 4 aromatic rings. The first-order valence-corrected chi connectivity index (χ1v) is 14.4. The molecule has 1 aliphatic carbocycles. The molecule has 1 aromatic heterocycles. The van der Waals surface area contributed by atoms with Crippen LogP contribution in [0.3, 0.4) is 0 Å². The third kappa shape index (κ3) is 5.86. The molecule has 3 aromatic carbocycles. The summed E-state index contributed by atoms with van der Waals surface area (Å²) in [5.74, 6) is -2.19. The predicted octanol–water partition coefficient (Wildman–Crippen LogP) is 8.08. The number of anilines is 2. The normalized spacial score (nSPS) is 15.6. The SMILES string of the molecule is CC(=N)c1cc(C(=O)N2CCC(c3nc4ccccc4n3CC3=C=C(F)C3)CC2)ccc1Nc1cccc(C(C)(F)F)c1. The molecule has 6 nitrogen and oxygen atoms in total. The van der Waals surface area contributed by atoms with Crippen molar-refractivity contribution in [2.45, 2.75) is 51.5 Å². The van der Waals surface area contributed by atoms with E-state index in [9.17, 15) is 18.0 Å². The Morgan fingerprint density at radius 3 is 2.53 bits per heavy atom. The van der Waals surface area contributed by atoms with Crippen LogP contribution in [0, 0.1) is 5.41 Å². The van der Waals surface area contributed by atoms with Crippen molar-refractivity contribution in [3.05, 3.63) is 106 Å². The van der Waals surface area contributed by atoms with E-state index >= 15 is 0 Å². The van der Waals surface area contributed by atoms with Crippen molar-refractivity contribution >= 4 is 34.0 Å². The molecule has 1 amide bonds. The van der Waals surface area contributed by atoms with Gasteiger partial charge in [0.05, 0.1) is 17.6 Å². The number of likely N-dealkylation sites (tertiary alicyclic amines) is 1. The first-order chi connectivity index (χ1) is 20.6. The van der Waals surface area contributed by atoms with Crippen molar-refractivity contribution in [1.82, 2.24) is 14.5 Å². The number of piperidine rings is 1. The van der Waals surface area contributed by atoms with Gasteiger partial charge in [0.1, 0.15) is 11.7 Å². The number of carbonyl (C=O) groups is 1. The summed E-state index contributed by atoms with van der Waals surface area (Å²) in [6.07, 6.45) is 1.81. The van der Waals surface area contributed by atoms with E-state index in [-0.39, 0.29) is 28.9 Å². The molecule has 0 bridgehead atoms. The average Bonchev–Trinajstić information content (AvgIpc) is 3.34. The minimum atomic E-state index is -2.97. The van der Waals surface area contributed by atoms with Gasteiger partial charge >= 0.3 is 0 Å². The number of halogens is 3. The molecule has 0 unspecified atom stereocenters. The summed E-state index contributed by atoms with van der Waals surface area (Å²) in [7, 11) is 0. The van der Waals surface area contributed by atoms with E-state index in [1.54, 1.807) is 37.3 Å². The number of nitrogens with zero attached hydrogens (tertiary/aromatic N) is 3. The minimum absolute atomic E-state index is 0.109. The number of amides is 1. The zero-order valence-electron chi connectivity index (χ0n) is 24.1. The third-order valence-corrected chi connectivity index (χ3v) is 8.18. The Morgan fingerprint density at radius 2 is 1.84 bits per heavy atom. The summed E-state index contributed by atoms with van der Waals surface area (Å²) < 4.78 is 43.2. The Labute approximate surface area is 248 Å². The number of aromatic nitrogens is 2. The summed E-state index contributed by atoms with van der Waals surface area (Å²) in [5, 5.41) is 11.4. The zero-order valence-corrected chi connectivity index (χ0v) is 24.1. The number of hydrogen-bond acceptors (Lipinski definition) is 4. The number of benzene rings is 3. The quantitative estimate of drug-likeness (QED) is 0.163. The average molecular weight is 584 g/mol. The molecule has 1 aliphatic heterocycles. The van der Waals surface area contributed by atoms with Crippen LogP contribution in [0.25, 0.3) is 11.0 Å². The Morgan fingerprint density at radius 1 is 1.09 bits per heavy atom. The lowest BCUT2D eigenvalue weighted by molar-refractivity contribution is 0.0175.